The summed E-state index contributed by atoms with van der Waals surface area (Å²) >= 11 is 0. The molecule has 0 aromatic rings. The van der Waals surface area contributed by atoms with Gasteiger partial charge >= 0.3 is 11.9 Å². The molecule has 1 rings (SSSR count). The average molecular weight is 320 g/mol. The summed E-state index contributed by atoms with van der Waals surface area (Å²) in [5.74, 6) is -3.60. The van der Waals surface area contributed by atoms with Crippen molar-refractivity contribution in [3.05, 3.63) is 34.9 Å². The van der Waals surface area contributed by atoms with Crippen LogP contribution in [0, 0.1) is 11.8 Å². The predicted molar refractivity (Wildman–Crippen MR) is 91.2 cm³/mol. The molecule has 0 spiro atoms. The van der Waals surface area contributed by atoms with Gasteiger partial charge in [-0.05, 0) is 59.3 Å². The van der Waals surface area contributed by atoms with Gasteiger partial charge in [-0.2, -0.15) is 0 Å². The second-order valence-corrected chi connectivity index (χ2v) is 6.60. The Morgan fingerprint density at radius 3 is 2.30 bits per heavy atom. The highest BCUT2D eigenvalue weighted by Crippen LogP contribution is 2.32. The Morgan fingerprint density at radius 1 is 1.09 bits per heavy atom. The Bertz CT molecular complexity index is 521. The zero-order valence-corrected chi connectivity index (χ0v) is 14.3. The van der Waals surface area contributed by atoms with Crippen molar-refractivity contribution in [1.29, 1.82) is 0 Å². The first-order chi connectivity index (χ1) is 10.8. The lowest BCUT2D eigenvalue weighted by Crippen LogP contribution is -2.32. The highest BCUT2D eigenvalue weighted by molar-refractivity contribution is 5.80. The van der Waals surface area contributed by atoms with Gasteiger partial charge < -0.3 is 10.2 Å². The number of aliphatic carboxylic acids is 2. The third-order valence-corrected chi connectivity index (χ3v) is 4.31. The number of carbonyl (C=O) groups is 2. The third kappa shape index (κ3) is 6.85. The van der Waals surface area contributed by atoms with Crippen LogP contribution in [0.15, 0.2) is 34.9 Å². The van der Waals surface area contributed by atoms with E-state index in [-0.39, 0.29) is 0 Å². The fraction of sp³-hybridized carbons (Fsp3) is 0.579. The molecule has 23 heavy (non-hydrogen) atoms. The van der Waals surface area contributed by atoms with E-state index in [2.05, 4.69) is 32.9 Å². The Hall–Kier alpha value is -1.84. The Morgan fingerprint density at radius 2 is 1.74 bits per heavy atom. The second kappa shape index (κ2) is 9.33. The lowest BCUT2D eigenvalue weighted by atomic mass is 9.78. The van der Waals surface area contributed by atoms with Gasteiger partial charge in [0.05, 0.1) is 11.8 Å². The minimum atomic E-state index is -1.01. The largest absolute Gasteiger partial charge is 0.481 e. The molecule has 0 aliphatic heterocycles. The van der Waals surface area contributed by atoms with Crippen LogP contribution in [0.2, 0.25) is 0 Å². The number of hydrogen-bond acceptors (Lipinski definition) is 2. The van der Waals surface area contributed by atoms with Crippen molar-refractivity contribution in [2.75, 3.05) is 0 Å². The molecule has 0 heterocycles. The summed E-state index contributed by atoms with van der Waals surface area (Å²) in [6.45, 7) is 6.31. The molecule has 4 nitrogen and oxygen atoms in total. The van der Waals surface area contributed by atoms with E-state index in [1.54, 1.807) is 0 Å². The molecule has 2 atom stereocenters. The van der Waals surface area contributed by atoms with Gasteiger partial charge in [-0.15, -0.1) is 0 Å². The molecule has 128 valence electrons. The molecular formula is C19H28O4. The fourth-order valence-electron chi connectivity index (χ4n) is 2.90. The van der Waals surface area contributed by atoms with Gasteiger partial charge in [0, 0.05) is 0 Å². The molecule has 0 fully saturated rings. The first-order valence-corrected chi connectivity index (χ1v) is 8.23. The van der Waals surface area contributed by atoms with Crippen molar-refractivity contribution >= 4 is 11.9 Å². The molecule has 4 heteroatoms. The smallest absolute Gasteiger partial charge is 0.307 e. The highest BCUT2D eigenvalue weighted by Gasteiger charge is 2.35. The van der Waals surface area contributed by atoms with E-state index < -0.39 is 23.8 Å². The van der Waals surface area contributed by atoms with E-state index >= 15 is 0 Å². The number of carboxylic acids is 2. The molecule has 1 aliphatic carbocycles. The van der Waals surface area contributed by atoms with Crippen LogP contribution in [-0.4, -0.2) is 22.2 Å². The molecule has 0 bridgehead atoms. The van der Waals surface area contributed by atoms with Crippen molar-refractivity contribution in [2.45, 2.75) is 59.3 Å². The quantitative estimate of drug-likeness (QED) is 0.642. The summed E-state index contributed by atoms with van der Waals surface area (Å²) in [5, 5.41) is 18.3. The Kier molecular flexibility index (Phi) is 7.79. The highest BCUT2D eigenvalue weighted by atomic mass is 16.4. The maximum atomic E-state index is 11.3. The van der Waals surface area contributed by atoms with E-state index in [0.29, 0.717) is 12.8 Å². The van der Waals surface area contributed by atoms with Crippen molar-refractivity contribution < 1.29 is 19.8 Å². The average Bonchev–Trinajstić information content (AvgIpc) is 2.46. The normalized spacial score (nSPS) is 21.5. The summed E-state index contributed by atoms with van der Waals surface area (Å²) in [4.78, 5) is 22.4. The number of hydrogen-bond donors (Lipinski definition) is 2. The van der Waals surface area contributed by atoms with Crippen molar-refractivity contribution in [1.82, 2.24) is 0 Å². The number of rotatable bonds is 8. The zero-order valence-electron chi connectivity index (χ0n) is 14.3. The van der Waals surface area contributed by atoms with Gasteiger partial charge in [0.25, 0.3) is 0 Å². The maximum absolute atomic E-state index is 11.3. The molecule has 0 amide bonds. The molecule has 0 aromatic heterocycles. The first-order valence-electron chi connectivity index (χ1n) is 8.23. The fourth-order valence-corrected chi connectivity index (χ4v) is 2.90. The van der Waals surface area contributed by atoms with E-state index in [4.69, 9.17) is 5.11 Å². The SMILES string of the molecule is CC(C)=CCC/C(C)=C/CCC1=CCC(C(=O)O)C(C(=O)O)C1. The number of allylic oxidation sites excluding steroid dienone is 6. The molecule has 0 saturated carbocycles. The summed E-state index contributed by atoms with van der Waals surface area (Å²) in [7, 11) is 0. The van der Waals surface area contributed by atoms with Crippen molar-refractivity contribution in [3.63, 3.8) is 0 Å². The van der Waals surface area contributed by atoms with E-state index in [9.17, 15) is 14.7 Å². The summed E-state index contributed by atoms with van der Waals surface area (Å²) in [5.41, 5.74) is 3.75. The summed E-state index contributed by atoms with van der Waals surface area (Å²) in [6, 6.07) is 0. The van der Waals surface area contributed by atoms with E-state index in [0.717, 1.165) is 31.3 Å². The van der Waals surface area contributed by atoms with Crippen molar-refractivity contribution in [3.8, 4) is 0 Å². The molecule has 2 unspecified atom stereocenters. The molecular weight excluding hydrogens is 292 g/mol. The predicted octanol–water partition coefficient (Wildman–Crippen LogP) is 4.58. The van der Waals surface area contributed by atoms with Crippen LogP contribution in [0.1, 0.15) is 59.3 Å². The monoisotopic (exact) mass is 320 g/mol. The first kappa shape index (κ1) is 19.2. The van der Waals surface area contributed by atoms with Crippen LogP contribution < -0.4 is 0 Å². The molecule has 1 aliphatic rings. The van der Waals surface area contributed by atoms with Gasteiger partial charge in [0.2, 0.25) is 0 Å². The molecule has 0 radical (unpaired) electrons. The minimum absolute atomic E-state index is 0.324. The maximum Gasteiger partial charge on any atom is 0.307 e. The van der Waals surface area contributed by atoms with E-state index in [1.165, 1.54) is 11.1 Å². The Balaban J connectivity index is 2.50. The lowest BCUT2D eigenvalue weighted by molar-refractivity contribution is -0.153. The lowest BCUT2D eigenvalue weighted by Gasteiger charge is -2.25. The van der Waals surface area contributed by atoms with Crippen LogP contribution in [0.25, 0.3) is 0 Å². The van der Waals surface area contributed by atoms with Gasteiger partial charge in [-0.1, -0.05) is 34.9 Å². The van der Waals surface area contributed by atoms with Crippen LogP contribution >= 0.6 is 0 Å². The summed E-state index contributed by atoms with van der Waals surface area (Å²) in [6.07, 6.45) is 10.8. The Labute approximate surface area is 138 Å². The minimum Gasteiger partial charge on any atom is -0.481 e. The zero-order chi connectivity index (χ0) is 17.4. The van der Waals surface area contributed by atoms with E-state index in [1.807, 2.05) is 6.08 Å². The van der Waals surface area contributed by atoms with Gasteiger partial charge in [0.15, 0.2) is 0 Å². The molecule has 0 aromatic carbocycles. The van der Waals surface area contributed by atoms with Gasteiger partial charge in [-0.25, -0.2) is 0 Å². The second-order valence-electron chi connectivity index (χ2n) is 6.60. The topological polar surface area (TPSA) is 74.6 Å². The van der Waals surface area contributed by atoms with Crippen molar-refractivity contribution in [2.24, 2.45) is 11.8 Å². The van der Waals surface area contributed by atoms with Crippen LogP contribution in [0.3, 0.4) is 0 Å². The van der Waals surface area contributed by atoms with Crippen LogP contribution in [0.4, 0.5) is 0 Å². The van der Waals surface area contributed by atoms with Gasteiger partial charge in [-0.3, -0.25) is 9.59 Å². The molecule has 2 N–H and O–H groups in total. The summed E-state index contributed by atoms with van der Waals surface area (Å²) < 4.78 is 0. The standard InChI is InChI=1S/C19H28O4/c1-13(2)6-4-7-14(3)8-5-9-15-10-11-16(18(20)21)17(12-15)19(22)23/h6,8,10,16-17H,4-5,7,9,11-12H2,1-3H3,(H,20,21)(H,22,23)/b14-8+. The number of carboxylic acid groups (broad SMARTS) is 2. The van der Waals surface area contributed by atoms with Crippen LogP contribution in [-0.2, 0) is 9.59 Å². The van der Waals surface area contributed by atoms with Crippen LogP contribution in [0.5, 0.6) is 0 Å². The third-order valence-electron chi connectivity index (χ3n) is 4.31. The van der Waals surface area contributed by atoms with Gasteiger partial charge in [0.1, 0.15) is 0 Å². The molecule has 0 saturated heterocycles.